The second kappa shape index (κ2) is 8.55. The van der Waals surface area contributed by atoms with E-state index >= 15 is 0 Å². The van der Waals surface area contributed by atoms with E-state index in [1.165, 1.54) is 57.9 Å². The van der Waals surface area contributed by atoms with E-state index in [0.717, 1.165) is 4.31 Å². The summed E-state index contributed by atoms with van der Waals surface area (Å²) >= 11 is 0. The van der Waals surface area contributed by atoms with Crippen LogP contribution in [0.25, 0.3) is 11.0 Å². The maximum Gasteiger partial charge on any atom is 0.328 e. The van der Waals surface area contributed by atoms with Crippen LogP contribution in [0, 0.1) is 0 Å². The highest BCUT2D eigenvalue weighted by Gasteiger charge is 2.32. The number of aromatic nitrogens is 3. The van der Waals surface area contributed by atoms with Crippen molar-refractivity contribution in [2.75, 3.05) is 10.9 Å². The zero-order valence-electron chi connectivity index (χ0n) is 18.3. The van der Waals surface area contributed by atoms with Gasteiger partial charge in [-0.3, -0.25) is 18.9 Å². The number of aryl methyl sites for hydroxylation is 2. The number of anilines is 1. The fraction of sp³-hybridized carbons (Fsp3) is 0.174. The average Bonchev–Trinajstić information content (AvgIpc) is 3.04. The molecule has 2 aromatic carbocycles. The second-order valence-corrected chi connectivity index (χ2v) is 9.08. The van der Waals surface area contributed by atoms with Crippen LogP contribution in [0.15, 0.2) is 76.7 Å². The van der Waals surface area contributed by atoms with E-state index in [4.69, 9.17) is 4.74 Å². The van der Waals surface area contributed by atoms with Gasteiger partial charge < -0.3 is 4.74 Å². The van der Waals surface area contributed by atoms with Crippen molar-refractivity contribution in [2.45, 2.75) is 11.8 Å². The van der Waals surface area contributed by atoms with E-state index in [9.17, 15) is 18.0 Å². The Morgan fingerprint density at radius 3 is 2.24 bits per heavy atom. The third kappa shape index (κ3) is 3.89. The first-order valence-corrected chi connectivity index (χ1v) is 11.6. The van der Waals surface area contributed by atoms with E-state index in [2.05, 4.69) is 4.98 Å². The SMILES string of the molecule is CCOc1ccc(N(C(=O)c2ccncc2)S(=O)(=O)c2ccc3c(c2)n(C)c(=O)n3C)cc1. The van der Waals surface area contributed by atoms with Gasteiger partial charge in [0.05, 0.1) is 28.2 Å². The number of amides is 1. The van der Waals surface area contributed by atoms with Crippen LogP contribution in [-0.4, -0.2) is 35.1 Å². The lowest BCUT2D eigenvalue weighted by Gasteiger charge is -2.23. The molecule has 0 atom stereocenters. The van der Waals surface area contributed by atoms with Crippen molar-refractivity contribution in [3.8, 4) is 5.75 Å². The largest absolute Gasteiger partial charge is 0.494 e. The molecule has 0 aliphatic rings. The third-order valence-electron chi connectivity index (χ3n) is 5.28. The first-order chi connectivity index (χ1) is 15.8. The predicted octanol–water partition coefficient (Wildman–Crippen LogP) is 2.71. The summed E-state index contributed by atoms with van der Waals surface area (Å²) in [6.07, 6.45) is 2.84. The average molecular weight is 467 g/mol. The fourth-order valence-corrected chi connectivity index (χ4v) is 5.01. The van der Waals surface area contributed by atoms with E-state index in [1.807, 2.05) is 6.92 Å². The lowest BCUT2D eigenvalue weighted by molar-refractivity contribution is 0.100. The van der Waals surface area contributed by atoms with Gasteiger partial charge in [0.25, 0.3) is 15.9 Å². The van der Waals surface area contributed by atoms with Crippen molar-refractivity contribution < 1.29 is 17.9 Å². The maximum absolute atomic E-state index is 13.8. The van der Waals surface area contributed by atoms with Crippen LogP contribution in [0.4, 0.5) is 5.69 Å². The summed E-state index contributed by atoms with van der Waals surface area (Å²) in [5.41, 5.74) is 1.05. The number of imidazole rings is 1. The summed E-state index contributed by atoms with van der Waals surface area (Å²) in [6.45, 7) is 2.29. The number of pyridine rings is 1. The van der Waals surface area contributed by atoms with Crippen molar-refractivity contribution in [1.29, 1.82) is 0 Å². The lowest BCUT2D eigenvalue weighted by atomic mass is 10.2. The zero-order chi connectivity index (χ0) is 23.8. The van der Waals surface area contributed by atoms with E-state index in [1.54, 1.807) is 32.3 Å². The molecule has 0 saturated carbocycles. The highest BCUT2D eigenvalue weighted by atomic mass is 32.2. The van der Waals surface area contributed by atoms with Gasteiger partial charge in [0.1, 0.15) is 5.75 Å². The molecule has 1 amide bonds. The number of nitrogens with zero attached hydrogens (tertiary/aromatic N) is 4. The van der Waals surface area contributed by atoms with Gasteiger partial charge in [-0.1, -0.05) is 0 Å². The molecule has 0 unspecified atom stereocenters. The van der Waals surface area contributed by atoms with E-state index in [-0.39, 0.29) is 21.8 Å². The molecular weight excluding hydrogens is 444 g/mol. The van der Waals surface area contributed by atoms with Gasteiger partial charge in [0.15, 0.2) is 0 Å². The number of carbonyl (C=O) groups is 1. The number of hydrogen-bond donors (Lipinski definition) is 0. The Morgan fingerprint density at radius 2 is 1.61 bits per heavy atom. The quantitative estimate of drug-likeness (QED) is 0.433. The Labute approximate surface area is 190 Å². The van der Waals surface area contributed by atoms with Crippen molar-refractivity contribution in [2.24, 2.45) is 14.1 Å². The number of hydrogen-bond acceptors (Lipinski definition) is 6. The number of rotatable bonds is 6. The minimum absolute atomic E-state index is 0.118. The van der Waals surface area contributed by atoms with Gasteiger partial charge in [-0.25, -0.2) is 13.2 Å². The van der Waals surface area contributed by atoms with Crippen LogP contribution >= 0.6 is 0 Å². The predicted molar refractivity (Wildman–Crippen MR) is 124 cm³/mol. The number of carbonyl (C=O) groups excluding carboxylic acids is 1. The zero-order valence-corrected chi connectivity index (χ0v) is 19.1. The first-order valence-electron chi connectivity index (χ1n) is 10.1. The molecule has 0 spiro atoms. The fourth-order valence-electron chi connectivity index (χ4n) is 3.57. The minimum atomic E-state index is -4.34. The van der Waals surface area contributed by atoms with Crippen molar-refractivity contribution in [3.63, 3.8) is 0 Å². The maximum atomic E-state index is 13.8. The molecule has 0 aliphatic carbocycles. The number of ether oxygens (including phenoxy) is 1. The Balaban J connectivity index is 1.88. The lowest BCUT2D eigenvalue weighted by Crippen LogP contribution is -2.37. The molecule has 170 valence electrons. The standard InChI is InChI=1S/C23H22N4O5S/c1-4-32-18-7-5-17(6-8-18)27(22(28)16-11-13-24-14-12-16)33(30,31)19-9-10-20-21(15-19)26(3)23(29)25(20)2/h5-15H,4H2,1-3H3. The molecule has 4 aromatic rings. The van der Waals surface area contributed by atoms with Crippen molar-refractivity contribution in [1.82, 2.24) is 14.1 Å². The highest BCUT2D eigenvalue weighted by molar-refractivity contribution is 7.93. The number of sulfonamides is 1. The van der Waals surface area contributed by atoms with Crippen LogP contribution in [-0.2, 0) is 24.1 Å². The summed E-state index contributed by atoms with van der Waals surface area (Å²) in [4.78, 5) is 29.4. The molecule has 0 saturated heterocycles. The van der Waals surface area contributed by atoms with Gasteiger partial charge in [0.2, 0.25) is 0 Å². The van der Waals surface area contributed by atoms with Gasteiger partial charge >= 0.3 is 5.69 Å². The van der Waals surface area contributed by atoms with Gasteiger partial charge in [-0.15, -0.1) is 0 Å². The number of fused-ring (bicyclic) bond motifs is 1. The molecule has 0 N–H and O–H groups in total. The summed E-state index contributed by atoms with van der Waals surface area (Å²) in [5.74, 6) is -0.181. The van der Waals surface area contributed by atoms with Gasteiger partial charge in [-0.2, -0.15) is 4.31 Å². The van der Waals surface area contributed by atoms with Crippen LogP contribution in [0.1, 0.15) is 17.3 Å². The molecular formula is C23H22N4O5S. The van der Waals surface area contributed by atoms with Crippen LogP contribution in [0.5, 0.6) is 5.75 Å². The van der Waals surface area contributed by atoms with Crippen LogP contribution in [0.3, 0.4) is 0 Å². The van der Waals surface area contributed by atoms with Crippen molar-refractivity contribution in [3.05, 3.63) is 83.0 Å². The molecule has 0 bridgehead atoms. The second-order valence-electron chi connectivity index (χ2n) is 7.29. The summed E-state index contributed by atoms with van der Waals surface area (Å²) < 4.78 is 36.5. The number of benzene rings is 2. The Hall–Kier alpha value is -3.92. The Bertz CT molecular complexity index is 1490. The molecule has 0 fully saturated rings. The van der Waals surface area contributed by atoms with Crippen molar-refractivity contribution >= 4 is 32.7 Å². The third-order valence-corrected chi connectivity index (χ3v) is 6.98. The van der Waals surface area contributed by atoms with Gasteiger partial charge in [-0.05, 0) is 61.5 Å². The smallest absolute Gasteiger partial charge is 0.328 e. The Morgan fingerprint density at radius 1 is 0.970 bits per heavy atom. The monoisotopic (exact) mass is 466 g/mol. The van der Waals surface area contributed by atoms with E-state index < -0.39 is 15.9 Å². The summed E-state index contributed by atoms with van der Waals surface area (Å²) in [7, 11) is -1.17. The summed E-state index contributed by atoms with van der Waals surface area (Å²) in [6, 6.07) is 13.5. The summed E-state index contributed by atoms with van der Waals surface area (Å²) in [5, 5.41) is 0. The normalized spacial score (nSPS) is 11.5. The molecule has 33 heavy (non-hydrogen) atoms. The Kier molecular flexibility index (Phi) is 5.77. The van der Waals surface area contributed by atoms with Crippen LogP contribution < -0.4 is 14.7 Å². The van der Waals surface area contributed by atoms with E-state index in [0.29, 0.717) is 23.4 Å². The topological polar surface area (TPSA) is 104 Å². The first kappa shape index (κ1) is 22.3. The minimum Gasteiger partial charge on any atom is -0.494 e. The molecule has 0 aliphatic heterocycles. The molecule has 10 heteroatoms. The molecule has 2 aromatic heterocycles. The highest BCUT2D eigenvalue weighted by Crippen LogP contribution is 2.29. The van der Waals surface area contributed by atoms with Gasteiger partial charge in [0, 0.05) is 32.1 Å². The molecule has 9 nitrogen and oxygen atoms in total. The van der Waals surface area contributed by atoms with Crippen LogP contribution in [0.2, 0.25) is 0 Å². The molecule has 0 radical (unpaired) electrons. The molecule has 4 rings (SSSR count). The molecule has 2 heterocycles.